The van der Waals surface area contributed by atoms with Gasteiger partial charge in [0.15, 0.2) is 0 Å². The molecule has 2 aliphatic rings. The Kier molecular flexibility index (Phi) is 3.62. The third-order valence-corrected chi connectivity index (χ3v) is 6.11. The third-order valence-electron chi connectivity index (χ3n) is 6.11. The van der Waals surface area contributed by atoms with Crippen LogP contribution in [0.15, 0.2) is 41.4 Å². The summed E-state index contributed by atoms with van der Waals surface area (Å²) in [6, 6.07) is 11.6. The molecule has 3 nitrogen and oxygen atoms in total. The molecule has 0 amide bonds. The Morgan fingerprint density at radius 3 is 2.15 bits per heavy atom. The van der Waals surface area contributed by atoms with E-state index in [-0.39, 0.29) is 16.9 Å². The van der Waals surface area contributed by atoms with E-state index in [2.05, 4.69) is 45.9 Å². The Labute approximate surface area is 154 Å². The second kappa shape index (κ2) is 5.54. The van der Waals surface area contributed by atoms with Crippen LogP contribution >= 0.6 is 0 Å². The minimum Gasteiger partial charge on any atom is -0.478 e. The van der Waals surface area contributed by atoms with E-state index >= 15 is 0 Å². The van der Waals surface area contributed by atoms with Crippen molar-refractivity contribution in [1.82, 2.24) is 0 Å². The second-order valence-corrected chi connectivity index (χ2v) is 8.89. The molecule has 4 rings (SSSR count). The molecular formula is C23H25NO2. The highest BCUT2D eigenvalue weighted by atomic mass is 16.4. The number of aromatic carboxylic acids is 1. The number of fused-ring (bicyclic) bond motifs is 2. The zero-order chi connectivity index (χ0) is 18.7. The van der Waals surface area contributed by atoms with E-state index in [1.807, 2.05) is 12.1 Å². The number of benzene rings is 2. The van der Waals surface area contributed by atoms with Crippen molar-refractivity contribution in [3.05, 3.63) is 69.2 Å². The average Bonchev–Trinajstić information content (AvgIpc) is 3.01. The summed E-state index contributed by atoms with van der Waals surface area (Å²) in [6.07, 6.45) is 4.58. The molecule has 1 atom stereocenters. The molecule has 0 spiro atoms. The molecule has 1 N–H and O–H groups in total. The third kappa shape index (κ3) is 2.66. The molecular weight excluding hydrogens is 322 g/mol. The molecule has 26 heavy (non-hydrogen) atoms. The fourth-order valence-electron chi connectivity index (χ4n) is 4.22. The molecule has 0 aromatic heterocycles. The van der Waals surface area contributed by atoms with Crippen LogP contribution < -0.4 is 10.6 Å². The molecule has 1 aliphatic heterocycles. The van der Waals surface area contributed by atoms with E-state index in [1.165, 1.54) is 29.2 Å². The topological polar surface area (TPSA) is 49.7 Å². The lowest BCUT2D eigenvalue weighted by Crippen LogP contribution is -2.38. The van der Waals surface area contributed by atoms with Gasteiger partial charge in [0.2, 0.25) is 0 Å². The van der Waals surface area contributed by atoms with Crippen molar-refractivity contribution in [2.75, 3.05) is 0 Å². The number of hydrogen-bond donors (Lipinski definition) is 1. The number of hydrogen-bond acceptors (Lipinski definition) is 2. The lowest BCUT2D eigenvalue weighted by atomic mass is 9.63. The van der Waals surface area contributed by atoms with Gasteiger partial charge in [-0.2, -0.15) is 0 Å². The van der Waals surface area contributed by atoms with E-state index in [0.717, 1.165) is 10.9 Å². The molecule has 0 bridgehead atoms. The molecule has 0 radical (unpaired) electrons. The van der Waals surface area contributed by atoms with Gasteiger partial charge < -0.3 is 5.11 Å². The highest BCUT2D eigenvalue weighted by Gasteiger charge is 2.37. The van der Waals surface area contributed by atoms with E-state index in [9.17, 15) is 4.79 Å². The van der Waals surface area contributed by atoms with Crippen LogP contribution in [0.1, 0.15) is 73.6 Å². The lowest BCUT2D eigenvalue weighted by molar-refractivity contribution is 0.0697. The Morgan fingerprint density at radius 2 is 1.58 bits per heavy atom. The molecule has 3 heteroatoms. The van der Waals surface area contributed by atoms with Crippen molar-refractivity contribution in [3.63, 3.8) is 0 Å². The predicted octanol–water partition coefficient (Wildman–Crippen LogP) is 3.89. The molecule has 1 aliphatic carbocycles. The van der Waals surface area contributed by atoms with Gasteiger partial charge in [0.05, 0.1) is 17.0 Å². The SMILES string of the molecule is CC1(C)CCC(C)(C)c2cc3c(cc21)=CC(c1ccc(C(=O)O)cc1)N=3. The fourth-order valence-corrected chi connectivity index (χ4v) is 4.22. The largest absolute Gasteiger partial charge is 0.478 e. The minimum atomic E-state index is -0.899. The maximum Gasteiger partial charge on any atom is 0.335 e. The summed E-state index contributed by atoms with van der Waals surface area (Å²) in [5.41, 5.74) is 4.57. The van der Waals surface area contributed by atoms with Crippen LogP contribution in [0, 0.1) is 0 Å². The van der Waals surface area contributed by atoms with Gasteiger partial charge in [-0.1, -0.05) is 39.8 Å². The first-order valence-electron chi connectivity index (χ1n) is 9.25. The van der Waals surface area contributed by atoms with E-state index < -0.39 is 5.97 Å². The van der Waals surface area contributed by atoms with Crippen molar-refractivity contribution in [2.45, 2.75) is 57.4 Å². The summed E-state index contributed by atoms with van der Waals surface area (Å²) in [4.78, 5) is 16.0. The van der Waals surface area contributed by atoms with Crippen LogP contribution in [0.4, 0.5) is 0 Å². The van der Waals surface area contributed by atoms with Crippen molar-refractivity contribution in [1.29, 1.82) is 0 Å². The standard InChI is InChI=1S/C23H25NO2/c1-22(2)9-10-23(3,4)18-13-20-16(11-17(18)22)12-19(24-20)14-5-7-15(8-6-14)21(25)26/h5-8,11-13,19H,9-10H2,1-4H3,(H,25,26). The molecule has 1 unspecified atom stereocenters. The molecule has 134 valence electrons. The predicted molar refractivity (Wildman–Crippen MR) is 103 cm³/mol. The molecule has 0 fully saturated rings. The first-order chi connectivity index (χ1) is 12.2. The van der Waals surface area contributed by atoms with Gasteiger partial charge in [0.1, 0.15) is 0 Å². The minimum absolute atomic E-state index is 0.0390. The van der Waals surface area contributed by atoms with Gasteiger partial charge in [-0.3, -0.25) is 4.99 Å². The highest BCUT2D eigenvalue weighted by Crippen LogP contribution is 2.44. The maximum absolute atomic E-state index is 11.0. The van der Waals surface area contributed by atoms with Gasteiger partial charge in [0, 0.05) is 0 Å². The molecule has 0 saturated carbocycles. The van der Waals surface area contributed by atoms with Crippen LogP contribution in [0.3, 0.4) is 0 Å². The van der Waals surface area contributed by atoms with Crippen LogP contribution in [-0.4, -0.2) is 11.1 Å². The van der Waals surface area contributed by atoms with Crippen LogP contribution in [0.25, 0.3) is 6.08 Å². The van der Waals surface area contributed by atoms with Gasteiger partial charge >= 0.3 is 5.97 Å². The van der Waals surface area contributed by atoms with E-state index in [4.69, 9.17) is 10.1 Å². The van der Waals surface area contributed by atoms with Gasteiger partial charge in [-0.05, 0) is 75.9 Å². The fraction of sp³-hybridized carbons (Fsp3) is 0.391. The normalized spacial score (nSPS) is 21.9. The zero-order valence-corrected chi connectivity index (χ0v) is 15.8. The number of carboxylic acids is 1. The summed E-state index contributed by atoms with van der Waals surface area (Å²) >= 11 is 0. The molecule has 1 heterocycles. The van der Waals surface area contributed by atoms with Gasteiger partial charge in [-0.15, -0.1) is 0 Å². The second-order valence-electron chi connectivity index (χ2n) is 8.89. The van der Waals surface area contributed by atoms with Gasteiger partial charge in [-0.25, -0.2) is 4.79 Å². The van der Waals surface area contributed by atoms with Crippen LogP contribution in [0.2, 0.25) is 0 Å². The smallest absolute Gasteiger partial charge is 0.335 e. The Hall–Kier alpha value is -2.42. The number of rotatable bonds is 2. The molecule has 2 aromatic rings. The lowest BCUT2D eigenvalue weighted by Gasteiger charge is -2.41. The zero-order valence-electron chi connectivity index (χ0n) is 15.8. The summed E-state index contributed by atoms with van der Waals surface area (Å²) in [6.45, 7) is 9.33. The average molecular weight is 347 g/mol. The monoisotopic (exact) mass is 347 g/mol. The summed E-state index contributed by atoms with van der Waals surface area (Å²) < 4.78 is 0. The number of nitrogens with zero attached hydrogens (tertiary/aromatic N) is 1. The number of carboxylic acid groups (broad SMARTS) is 1. The Bertz CT molecular complexity index is 958. The number of carbonyl (C=O) groups is 1. The van der Waals surface area contributed by atoms with E-state index in [0.29, 0.717) is 5.56 Å². The van der Waals surface area contributed by atoms with Crippen molar-refractivity contribution < 1.29 is 9.90 Å². The van der Waals surface area contributed by atoms with Crippen LogP contribution in [-0.2, 0) is 10.8 Å². The van der Waals surface area contributed by atoms with Crippen molar-refractivity contribution in [2.24, 2.45) is 4.99 Å². The van der Waals surface area contributed by atoms with E-state index in [1.54, 1.807) is 12.1 Å². The Balaban J connectivity index is 1.81. The molecule has 2 aromatic carbocycles. The van der Waals surface area contributed by atoms with Gasteiger partial charge in [0.25, 0.3) is 0 Å². The first kappa shape index (κ1) is 17.0. The maximum atomic E-state index is 11.0. The summed E-state index contributed by atoms with van der Waals surface area (Å²) in [7, 11) is 0. The first-order valence-corrected chi connectivity index (χ1v) is 9.25. The summed E-state index contributed by atoms with van der Waals surface area (Å²) in [5, 5.41) is 11.3. The van der Waals surface area contributed by atoms with Crippen molar-refractivity contribution in [3.8, 4) is 0 Å². The highest BCUT2D eigenvalue weighted by molar-refractivity contribution is 5.87. The quantitative estimate of drug-likeness (QED) is 0.896. The van der Waals surface area contributed by atoms with Crippen molar-refractivity contribution >= 4 is 12.0 Å². The van der Waals surface area contributed by atoms with Crippen LogP contribution in [0.5, 0.6) is 0 Å². The molecule has 0 saturated heterocycles. The Morgan fingerprint density at radius 1 is 1.00 bits per heavy atom. The summed E-state index contributed by atoms with van der Waals surface area (Å²) in [5.74, 6) is -0.899.